The second-order valence-electron chi connectivity index (χ2n) is 16.9. The summed E-state index contributed by atoms with van der Waals surface area (Å²) in [5.41, 5.74) is 1.13. The Morgan fingerprint density at radius 3 is 1.72 bits per heavy atom. The molecule has 0 aliphatic carbocycles. The van der Waals surface area contributed by atoms with E-state index in [4.69, 9.17) is 18.6 Å². The van der Waals surface area contributed by atoms with Crippen LogP contribution in [-0.4, -0.2) is 88.5 Å². The van der Waals surface area contributed by atoms with Crippen LogP contribution in [0.25, 0.3) is 0 Å². The van der Waals surface area contributed by atoms with Crippen molar-refractivity contribution >= 4 is 36.8 Å². The third kappa shape index (κ3) is 11.6. The summed E-state index contributed by atoms with van der Waals surface area (Å²) in [4.78, 5) is 41.7. The molecule has 1 saturated heterocycles. The molecule has 1 aliphatic heterocycles. The van der Waals surface area contributed by atoms with E-state index < -0.39 is 32.0 Å². The van der Waals surface area contributed by atoms with Gasteiger partial charge in [-0.1, -0.05) is 142 Å². The number of morpholine rings is 1. The smallest absolute Gasteiger partial charge is 0.410 e. The van der Waals surface area contributed by atoms with Gasteiger partial charge in [0.25, 0.3) is 8.32 Å². The number of hydrogen-bond donors (Lipinski definition) is 2. The summed E-state index contributed by atoms with van der Waals surface area (Å²) in [5, 5.41) is 7.99. The van der Waals surface area contributed by atoms with Crippen molar-refractivity contribution in [3.8, 4) is 0 Å². The lowest BCUT2D eigenvalue weighted by Crippen LogP contribution is -2.67. The molecule has 10 nitrogen and oxygen atoms in total. The third-order valence-electron chi connectivity index (χ3n) is 10.4. The Kier molecular flexibility index (Phi) is 15.3. The van der Waals surface area contributed by atoms with Crippen LogP contribution < -0.4 is 21.0 Å². The van der Waals surface area contributed by atoms with Crippen LogP contribution in [0, 0.1) is 0 Å². The van der Waals surface area contributed by atoms with E-state index in [-0.39, 0.29) is 29.2 Å². The highest BCUT2D eigenvalue weighted by molar-refractivity contribution is 6.99. The molecule has 1 aliphatic rings. The lowest BCUT2D eigenvalue weighted by molar-refractivity contribution is -0.123. The summed E-state index contributed by atoms with van der Waals surface area (Å²) in [6.07, 6.45) is 0.336. The average Bonchev–Trinajstić information content (AvgIpc) is 3.21. The fourth-order valence-corrected chi connectivity index (χ4v) is 12.4. The Bertz CT molecular complexity index is 1810. The van der Waals surface area contributed by atoms with Gasteiger partial charge in [-0.15, -0.1) is 0 Å². The van der Waals surface area contributed by atoms with E-state index in [0.717, 1.165) is 17.5 Å². The van der Waals surface area contributed by atoms with Crippen molar-refractivity contribution < 1.29 is 33.0 Å². The summed E-state index contributed by atoms with van der Waals surface area (Å²) >= 11 is 0. The molecule has 4 aromatic rings. The van der Waals surface area contributed by atoms with Crippen molar-refractivity contribution in [2.75, 3.05) is 33.4 Å². The van der Waals surface area contributed by atoms with Crippen molar-refractivity contribution in [2.24, 2.45) is 0 Å². The topological polar surface area (TPSA) is 115 Å². The monoisotopic (exact) mass is 807 g/mol. The summed E-state index contributed by atoms with van der Waals surface area (Å²) in [6.45, 7) is 13.8. The lowest BCUT2D eigenvalue weighted by Gasteiger charge is -2.45. The Morgan fingerprint density at radius 2 is 1.24 bits per heavy atom. The quantitative estimate of drug-likeness (QED) is 0.0950. The molecule has 3 atom stereocenters. The first-order valence-corrected chi connectivity index (χ1v) is 22.2. The Morgan fingerprint density at radius 1 is 0.741 bits per heavy atom. The predicted molar refractivity (Wildman–Crippen MR) is 231 cm³/mol. The number of alkyl carbamates (subject to hydrolysis) is 1. The molecule has 5 rings (SSSR count). The number of nitrogens with zero attached hydrogens (tertiary/aromatic N) is 1. The normalized spacial score (nSPS) is 16.7. The Labute approximate surface area is 345 Å². The standard InChI is InChI=1S/C47H61N3O7Si/c1-46(2,3)57-45(53)50-32-37(56-38(33-50)34-55-58(47(4,5)6,39-27-16-10-17-28-39)40-29-18-11-19-30-40)26-20-21-31-48-43(51)42(49-44(52)54-7)41(35-22-12-8-13-23-35)36-24-14-9-15-25-36/h8-19,22-25,27-30,37-38,41-42H,20-21,26,31-34H2,1-7H3,(H,48,51)(H,49,52)/t37?,38-,42-/m0/s1. The molecule has 11 heteroatoms. The van der Waals surface area contributed by atoms with Crippen molar-refractivity contribution in [1.29, 1.82) is 0 Å². The fourth-order valence-electron chi connectivity index (χ4n) is 7.83. The number of unbranched alkanes of at least 4 members (excludes halogenated alkanes) is 1. The van der Waals surface area contributed by atoms with Crippen LogP contribution in [-0.2, 0) is 23.4 Å². The SMILES string of the molecule is COC(=O)N[C@H](C(=O)NCCCCC1CN(C(=O)OC(C)(C)C)C[C@@H](CO[Si](c2ccccc2)(c2ccccc2)C(C)(C)C)O1)C(c1ccccc1)c1ccccc1. The van der Waals surface area contributed by atoms with Gasteiger partial charge in [0, 0.05) is 12.5 Å². The fraction of sp³-hybridized carbons (Fsp3) is 0.426. The number of rotatable bonds is 15. The third-order valence-corrected chi connectivity index (χ3v) is 15.4. The summed E-state index contributed by atoms with van der Waals surface area (Å²) in [5.74, 6) is -0.757. The average molecular weight is 808 g/mol. The highest BCUT2D eigenvalue weighted by Crippen LogP contribution is 2.37. The van der Waals surface area contributed by atoms with Gasteiger partial charge in [-0.2, -0.15) is 0 Å². The molecule has 310 valence electrons. The minimum Gasteiger partial charge on any atom is -0.453 e. The Balaban J connectivity index is 1.28. The number of methoxy groups -OCH3 is 1. The summed E-state index contributed by atoms with van der Waals surface area (Å²) < 4.78 is 24.7. The van der Waals surface area contributed by atoms with Crippen LogP contribution in [0.2, 0.25) is 5.04 Å². The van der Waals surface area contributed by atoms with Crippen LogP contribution in [0.5, 0.6) is 0 Å². The highest BCUT2D eigenvalue weighted by atomic mass is 28.4. The van der Waals surface area contributed by atoms with E-state index in [2.05, 4.69) is 79.9 Å². The van der Waals surface area contributed by atoms with E-state index >= 15 is 0 Å². The molecule has 0 bridgehead atoms. The van der Waals surface area contributed by atoms with Gasteiger partial charge in [-0.3, -0.25) is 4.79 Å². The molecule has 3 amide bonds. The first-order valence-electron chi connectivity index (χ1n) is 20.3. The number of benzene rings is 4. The van der Waals surface area contributed by atoms with Gasteiger partial charge in [0.05, 0.1) is 39.0 Å². The molecule has 4 aromatic carbocycles. The van der Waals surface area contributed by atoms with Crippen LogP contribution in [0.1, 0.15) is 77.8 Å². The molecular formula is C47H61N3O7Si. The molecule has 1 unspecified atom stereocenters. The summed E-state index contributed by atoms with van der Waals surface area (Å²) in [7, 11) is -1.57. The zero-order valence-electron chi connectivity index (χ0n) is 35.1. The van der Waals surface area contributed by atoms with Gasteiger partial charge < -0.3 is 34.2 Å². The molecule has 2 N–H and O–H groups in total. The minimum absolute atomic E-state index is 0.216. The van der Waals surface area contributed by atoms with Gasteiger partial charge in [0.15, 0.2) is 0 Å². The van der Waals surface area contributed by atoms with Crippen LogP contribution in [0.3, 0.4) is 0 Å². The number of nitrogens with one attached hydrogen (secondary N) is 2. The Hall–Kier alpha value is -4.97. The molecular weight excluding hydrogens is 747 g/mol. The van der Waals surface area contributed by atoms with Crippen molar-refractivity contribution in [3.63, 3.8) is 0 Å². The van der Waals surface area contributed by atoms with Gasteiger partial charge in [0.2, 0.25) is 5.91 Å². The lowest BCUT2D eigenvalue weighted by atomic mass is 9.84. The molecule has 58 heavy (non-hydrogen) atoms. The maximum absolute atomic E-state index is 13.9. The zero-order chi connectivity index (χ0) is 41.8. The van der Waals surface area contributed by atoms with Crippen LogP contribution in [0.4, 0.5) is 9.59 Å². The number of carbonyl (C=O) groups excluding carboxylic acids is 3. The molecule has 0 aromatic heterocycles. The number of amides is 3. The van der Waals surface area contributed by atoms with Crippen LogP contribution >= 0.6 is 0 Å². The van der Waals surface area contributed by atoms with E-state index in [1.807, 2.05) is 93.6 Å². The molecule has 0 spiro atoms. The minimum atomic E-state index is -2.85. The molecule has 1 heterocycles. The number of carbonyl (C=O) groups is 3. The van der Waals surface area contributed by atoms with E-state index in [0.29, 0.717) is 39.1 Å². The second-order valence-corrected chi connectivity index (χ2v) is 21.2. The first-order chi connectivity index (χ1) is 27.7. The van der Waals surface area contributed by atoms with E-state index in [9.17, 15) is 14.4 Å². The van der Waals surface area contributed by atoms with Gasteiger partial charge >= 0.3 is 12.2 Å². The maximum Gasteiger partial charge on any atom is 0.410 e. The van der Waals surface area contributed by atoms with Crippen molar-refractivity contribution in [1.82, 2.24) is 15.5 Å². The number of hydrogen-bond acceptors (Lipinski definition) is 7. The maximum atomic E-state index is 13.9. The predicted octanol–water partition coefficient (Wildman–Crippen LogP) is 7.41. The highest BCUT2D eigenvalue weighted by Gasteiger charge is 2.51. The molecule has 0 saturated carbocycles. The second kappa shape index (κ2) is 20.1. The van der Waals surface area contributed by atoms with E-state index in [1.165, 1.54) is 17.5 Å². The summed E-state index contributed by atoms with van der Waals surface area (Å²) in [6, 6.07) is 39.4. The van der Waals surface area contributed by atoms with Gasteiger partial charge in [-0.25, -0.2) is 9.59 Å². The largest absolute Gasteiger partial charge is 0.453 e. The number of ether oxygens (including phenoxy) is 3. The van der Waals surface area contributed by atoms with Gasteiger partial charge in [-0.05, 0) is 66.6 Å². The zero-order valence-corrected chi connectivity index (χ0v) is 36.1. The molecule has 1 fully saturated rings. The van der Waals surface area contributed by atoms with Crippen molar-refractivity contribution in [3.05, 3.63) is 132 Å². The van der Waals surface area contributed by atoms with Gasteiger partial charge in [0.1, 0.15) is 11.6 Å². The van der Waals surface area contributed by atoms with E-state index in [1.54, 1.807) is 4.90 Å². The van der Waals surface area contributed by atoms with Crippen LogP contribution in [0.15, 0.2) is 121 Å². The first kappa shape index (κ1) is 44.1. The molecule has 0 radical (unpaired) electrons. The van der Waals surface area contributed by atoms with Crippen molar-refractivity contribution in [2.45, 2.75) is 95.6 Å².